The molecule has 0 radical (unpaired) electrons. The van der Waals surface area contributed by atoms with Crippen LogP contribution >= 0.6 is 0 Å². The molecule has 3 heteroatoms. The summed E-state index contributed by atoms with van der Waals surface area (Å²) < 4.78 is 0. The van der Waals surface area contributed by atoms with Crippen LogP contribution in [0.2, 0.25) is 0 Å². The predicted octanol–water partition coefficient (Wildman–Crippen LogP) is 3.52. The lowest BCUT2D eigenvalue weighted by atomic mass is 9.89. The maximum absolute atomic E-state index is 10.9. The lowest BCUT2D eigenvalue weighted by Crippen LogP contribution is -2.27. The van der Waals surface area contributed by atoms with Crippen molar-refractivity contribution in [2.75, 3.05) is 14.1 Å². The molecule has 1 rings (SSSR count). The molecule has 1 N–H and O–H groups in total. The van der Waals surface area contributed by atoms with Crippen molar-refractivity contribution in [2.24, 2.45) is 5.92 Å². The van der Waals surface area contributed by atoms with Gasteiger partial charge in [0.15, 0.2) is 0 Å². The minimum absolute atomic E-state index is 0.0809. The second-order valence-corrected chi connectivity index (χ2v) is 5.80. The SMILES string of the molecule is CC(C)c1ccc(C(C(C)CC(=O)O)N(C)C)cc1. The Labute approximate surface area is 116 Å². The van der Waals surface area contributed by atoms with Crippen LogP contribution in [0.1, 0.15) is 50.3 Å². The molecule has 3 nitrogen and oxygen atoms in total. The molecular weight excluding hydrogens is 238 g/mol. The Morgan fingerprint density at radius 2 is 1.58 bits per heavy atom. The fraction of sp³-hybridized carbons (Fsp3) is 0.562. The number of benzene rings is 1. The normalized spacial score (nSPS) is 14.7. The molecule has 2 unspecified atom stereocenters. The van der Waals surface area contributed by atoms with Gasteiger partial charge in [0, 0.05) is 12.5 Å². The number of carboxylic acids is 1. The molecule has 0 aliphatic carbocycles. The monoisotopic (exact) mass is 263 g/mol. The third-order valence-corrected chi connectivity index (χ3v) is 3.54. The standard InChI is InChI=1S/C16H25NO2/c1-11(2)13-6-8-14(9-7-13)16(17(4)5)12(3)10-15(18)19/h6-9,11-12,16H,10H2,1-5H3,(H,18,19). The molecule has 0 amide bonds. The van der Waals surface area contributed by atoms with Crippen LogP contribution in [0.15, 0.2) is 24.3 Å². The molecule has 1 aromatic carbocycles. The van der Waals surface area contributed by atoms with E-state index in [0.29, 0.717) is 5.92 Å². The van der Waals surface area contributed by atoms with Crippen LogP contribution in [0.4, 0.5) is 0 Å². The summed E-state index contributed by atoms with van der Waals surface area (Å²) in [5.74, 6) is -0.140. The van der Waals surface area contributed by atoms with Gasteiger partial charge in [0.1, 0.15) is 0 Å². The largest absolute Gasteiger partial charge is 0.481 e. The summed E-state index contributed by atoms with van der Waals surface area (Å²) >= 11 is 0. The zero-order chi connectivity index (χ0) is 14.6. The molecule has 19 heavy (non-hydrogen) atoms. The number of hydrogen-bond acceptors (Lipinski definition) is 2. The lowest BCUT2D eigenvalue weighted by molar-refractivity contribution is -0.138. The van der Waals surface area contributed by atoms with Crippen molar-refractivity contribution in [2.45, 2.75) is 39.2 Å². The molecule has 0 saturated carbocycles. The molecule has 0 heterocycles. The molecule has 0 aliphatic rings. The van der Waals surface area contributed by atoms with Crippen LogP contribution in [0.5, 0.6) is 0 Å². The van der Waals surface area contributed by atoms with Crippen LogP contribution in [0.3, 0.4) is 0 Å². The van der Waals surface area contributed by atoms with Gasteiger partial charge in [0.25, 0.3) is 0 Å². The van der Waals surface area contributed by atoms with E-state index in [1.54, 1.807) is 0 Å². The van der Waals surface area contributed by atoms with E-state index in [0.717, 1.165) is 0 Å². The Morgan fingerprint density at radius 3 is 1.95 bits per heavy atom. The molecule has 106 valence electrons. The van der Waals surface area contributed by atoms with Crippen LogP contribution in [0.25, 0.3) is 0 Å². The van der Waals surface area contributed by atoms with Crippen LogP contribution in [-0.2, 0) is 4.79 Å². The number of nitrogens with zero attached hydrogens (tertiary/aromatic N) is 1. The first kappa shape index (κ1) is 15.7. The van der Waals surface area contributed by atoms with Crippen molar-refractivity contribution in [1.29, 1.82) is 0 Å². The van der Waals surface area contributed by atoms with Gasteiger partial charge in [-0.2, -0.15) is 0 Å². The van der Waals surface area contributed by atoms with E-state index in [1.807, 2.05) is 21.0 Å². The van der Waals surface area contributed by atoms with Gasteiger partial charge < -0.3 is 10.0 Å². The van der Waals surface area contributed by atoms with Gasteiger partial charge in [0.2, 0.25) is 0 Å². The van der Waals surface area contributed by atoms with Crippen molar-refractivity contribution in [1.82, 2.24) is 4.90 Å². The van der Waals surface area contributed by atoms with Crippen molar-refractivity contribution in [3.05, 3.63) is 35.4 Å². The van der Waals surface area contributed by atoms with E-state index in [4.69, 9.17) is 5.11 Å². The molecule has 1 aromatic rings. The summed E-state index contributed by atoms with van der Waals surface area (Å²) in [5.41, 5.74) is 2.50. The lowest BCUT2D eigenvalue weighted by Gasteiger charge is -2.30. The summed E-state index contributed by atoms with van der Waals surface area (Å²) in [6.07, 6.45) is 0.189. The molecule has 0 bridgehead atoms. The minimum atomic E-state index is -0.738. The number of carbonyl (C=O) groups is 1. The van der Waals surface area contributed by atoms with Gasteiger partial charge in [-0.1, -0.05) is 45.0 Å². The van der Waals surface area contributed by atoms with Crippen molar-refractivity contribution < 1.29 is 9.90 Å². The summed E-state index contributed by atoms with van der Waals surface area (Å²) in [6.45, 7) is 6.34. The van der Waals surface area contributed by atoms with Gasteiger partial charge in [-0.05, 0) is 37.1 Å². The second-order valence-electron chi connectivity index (χ2n) is 5.80. The Kier molecular flexibility index (Phi) is 5.55. The van der Waals surface area contributed by atoms with Crippen LogP contribution in [-0.4, -0.2) is 30.1 Å². The summed E-state index contributed by atoms with van der Waals surface area (Å²) in [7, 11) is 4.00. The average Bonchev–Trinajstić information content (AvgIpc) is 2.28. The van der Waals surface area contributed by atoms with E-state index < -0.39 is 5.97 Å². The zero-order valence-electron chi connectivity index (χ0n) is 12.6. The summed E-state index contributed by atoms with van der Waals surface area (Å²) in [4.78, 5) is 13.0. The second kappa shape index (κ2) is 6.71. The van der Waals surface area contributed by atoms with Crippen LogP contribution in [0, 0.1) is 5.92 Å². The Balaban J connectivity index is 2.96. The average molecular weight is 263 g/mol. The third kappa shape index (κ3) is 4.35. The van der Waals surface area contributed by atoms with Crippen LogP contribution < -0.4 is 0 Å². The van der Waals surface area contributed by atoms with E-state index in [1.165, 1.54) is 11.1 Å². The van der Waals surface area contributed by atoms with E-state index in [2.05, 4.69) is 43.0 Å². The molecule has 0 aliphatic heterocycles. The van der Waals surface area contributed by atoms with E-state index >= 15 is 0 Å². The van der Waals surface area contributed by atoms with Gasteiger partial charge in [-0.25, -0.2) is 0 Å². The van der Waals surface area contributed by atoms with Gasteiger partial charge in [-0.3, -0.25) is 4.79 Å². The van der Waals surface area contributed by atoms with E-state index in [-0.39, 0.29) is 18.4 Å². The Morgan fingerprint density at radius 1 is 1.11 bits per heavy atom. The molecule has 0 saturated heterocycles. The number of aliphatic carboxylic acids is 1. The summed E-state index contributed by atoms with van der Waals surface area (Å²) in [5, 5.41) is 8.96. The molecule has 0 aromatic heterocycles. The highest BCUT2D eigenvalue weighted by atomic mass is 16.4. The van der Waals surface area contributed by atoms with Gasteiger partial charge >= 0.3 is 5.97 Å². The third-order valence-electron chi connectivity index (χ3n) is 3.54. The highest BCUT2D eigenvalue weighted by Crippen LogP contribution is 2.30. The first-order valence-corrected chi connectivity index (χ1v) is 6.81. The van der Waals surface area contributed by atoms with Gasteiger partial charge in [-0.15, -0.1) is 0 Å². The molecule has 2 atom stereocenters. The minimum Gasteiger partial charge on any atom is -0.481 e. The maximum atomic E-state index is 10.9. The number of carboxylic acid groups (broad SMARTS) is 1. The highest BCUT2D eigenvalue weighted by Gasteiger charge is 2.23. The molecular formula is C16H25NO2. The maximum Gasteiger partial charge on any atom is 0.303 e. The fourth-order valence-corrected chi connectivity index (χ4v) is 2.60. The first-order valence-electron chi connectivity index (χ1n) is 6.81. The molecule has 0 spiro atoms. The predicted molar refractivity (Wildman–Crippen MR) is 78.4 cm³/mol. The Hall–Kier alpha value is -1.35. The first-order chi connectivity index (χ1) is 8.82. The smallest absolute Gasteiger partial charge is 0.303 e. The van der Waals surface area contributed by atoms with Crippen molar-refractivity contribution >= 4 is 5.97 Å². The quantitative estimate of drug-likeness (QED) is 0.853. The number of hydrogen-bond donors (Lipinski definition) is 1. The number of rotatable bonds is 6. The molecule has 0 fully saturated rings. The topological polar surface area (TPSA) is 40.5 Å². The highest BCUT2D eigenvalue weighted by molar-refractivity contribution is 5.67. The Bertz CT molecular complexity index is 409. The fourth-order valence-electron chi connectivity index (χ4n) is 2.60. The van der Waals surface area contributed by atoms with E-state index in [9.17, 15) is 4.79 Å². The van der Waals surface area contributed by atoms with Crippen molar-refractivity contribution in [3.8, 4) is 0 Å². The summed E-state index contributed by atoms with van der Waals surface area (Å²) in [6, 6.07) is 8.67. The van der Waals surface area contributed by atoms with Crippen molar-refractivity contribution in [3.63, 3.8) is 0 Å². The van der Waals surface area contributed by atoms with Gasteiger partial charge in [0.05, 0.1) is 0 Å². The zero-order valence-corrected chi connectivity index (χ0v) is 12.6.